The molecule has 0 aliphatic rings. The van der Waals surface area contributed by atoms with E-state index in [-0.39, 0.29) is 17.9 Å². The summed E-state index contributed by atoms with van der Waals surface area (Å²) in [5.41, 5.74) is 1.40. The second kappa shape index (κ2) is 6.95. The highest BCUT2D eigenvalue weighted by atomic mass is 35.5. The second-order valence-electron chi connectivity index (χ2n) is 4.59. The Kier molecular flexibility index (Phi) is 5.01. The molecule has 0 saturated heterocycles. The van der Waals surface area contributed by atoms with Crippen LogP contribution in [0.3, 0.4) is 0 Å². The molecule has 114 valence electrons. The molecule has 0 spiro atoms. The van der Waals surface area contributed by atoms with Gasteiger partial charge in [0.1, 0.15) is 6.61 Å². The average Bonchev–Trinajstić information content (AvgIpc) is 2.50. The predicted octanol–water partition coefficient (Wildman–Crippen LogP) is 4.10. The molecule has 2 N–H and O–H groups in total. The van der Waals surface area contributed by atoms with E-state index < -0.39 is 12.1 Å². The molecular formula is C16H14ClNO4. The van der Waals surface area contributed by atoms with Crippen LogP contribution in [0.25, 0.3) is 0 Å². The van der Waals surface area contributed by atoms with Crippen LogP contribution >= 0.6 is 11.6 Å². The number of amides is 1. The van der Waals surface area contributed by atoms with E-state index in [1.54, 1.807) is 6.92 Å². The van der Waals surface area contributed by atoms with Gasteiger partial charge >= 0.3 is 12.1 Å². The molecule has 22 heavy (non-hydrogen) atoms. The van der Waals surface area contributed by atoms with Crippen LogP contribution < -0.4 is 5.32 Å². The van der Waals surface area contributed by atoms with Crippen LogP contribution in [0.2, 0.25) is 5.02 Å². The Bertz CT molecular complexity index is 701. The van der Waals surface area contributed by atoms with E-state index in [0.29, 0.717) is 10.6 Å². The van der Waals surface area contributed by atoms with Crippen molar-refractivity contribution in [3.63, 3.8) is 0 Å². The molecule has 0 aromatic heterocycles. The zero-order chi connectivity index (χ0) is 16.1. The van der Waals surface area contributed by atoms with Crippen molar-refractivity contribution in [2.75, 3.05) is 5.32 Å². The molecule has 0 aliphatic carbocycles. The van der Waals surface area contributed by atoms with Crippen molar-refractivity contribution in [3.8, 4) is 0 Å². The zero-order valence-corrected chi connectivity index (χ0v) is 12.6. The lowest BCUT2D eigenvalue weighted by Gasteiger charge is -2.13. The molecule has 0 bridgehead atoms. The first-order valence-electron chi connectivity index (χ1n) is 6.49. The summed E-state index contributed by atoms with van der Waals surface area (Å²) >= 11 is 5.96. The van der Waals surface area contributed by atoms with E-state index in [2.05, 4.69) is 5.32 Å². The average molecular weight is 320 g/mol. The summed E-state index contributed by atoms with van der Waals surface area (Å²) in [7, 11) is 0. The summed E-state index contributed by atoms with van der Waals surface area (Å²) in [5.74, 6) is -1.15. The highest BCUT2D eigenvalue weighted by molar-refractivity contribution is 6.32. The highest BCUT2D eigenvalue weighted by Crippen LogP contribution is 2.27. The normalized spacial score (nSPS) is 10.1. The van der Waals surface area contributed by atoms with Crippen LogP contribution in [-0.4, -0.2) is 17.2 Å². The number of rotatable bonds is 4. The van der Waals surface area contributed by atoms with Gasteiger partial charge in [-0.25, -0.2) is 9.59 Å². The molecule has 2 rings (SSSR count). The molecule has 0 atom stereocenters. The minimum absolute atomic E-state index is 0.0430. The monoisotopic (exact) mass is 319 g/mol. The number of carboxylic acids is 1. The van der Waals surface area contributed by atoms with Crippen LogP contribution in [0.15, 0.2) is 42.5 Å². The Balaban J connectivity index is 2.11. The van der Waals surface area contributed by atoms with Crippen LogP contribution in [0.4, 0.5) is 10.5 Å². The lowest BCUT2D eigenvalue weighted by molar-refractivity contribution is 0.0698. The summed E-state index contributed by atoms with van der Waals surface area (Å²) in [6, 6.07) is 12.0. The van der Waals surface area contributed by atoms with Crippen molar-refractivity contribution in [1.82, 2.24) is 0 Å². The van der Waals surface area contributed by atoms with E-state index in [1.807, 2.05) is 30.3 Å². The van der Waals surface area contributed by atoms with E-state index in [0.717, 1.165) is 5.56 Å². The maximum absolute atomic E-state index is 11.9. The van der Waals surface area contributed by atoms with E-state index in [9.17, 15) is 9.59 Å². The highest BCUT2D eigenvalue weighted by Gasteiger charge is 2.17. The van der Waals surface area contributed by atoms with Crippen molar-refractivity contribution in [2.24, 2.45) is 0 Å². The number of benzene rings is 2. The smallest absolute Gasteiger partial charge is 0.411 e. The molecular weight excluding hydrogens is 306 g/mol. The Morgan fingerprint density at radius 2 is 1.86 bits per heavy atom. The first-order chi connectivity index (χ1) is 10.5. The maximum atomic E-state index is 11.9. The SMILES string of the molecule is Cc1c(Cl)ccc(C(=O)O)c1NC(=O)OCc1ccccc1. The number of carboxylic acid groups (broad SMARTS) is 1. The Morgan fingerprint density at radius 3 is 2.50 bits per heavy atom. The van der Waals surface area contributed by atoms with Crippen LogP contribution in [-0.2, 0) is 11.3 Å². The summed E-state index contributed by atoms with van der Waals surface area (Å²) in [6.45, 7) is 1.72. The molecule has 2 aromatic carbocycles. The van der Waals surface area contributed by atoms with Gasteiger partial charge in [-0.05, 0) is 30.2 Å². The first-order valence-corrected chi connectivity index (χ1v) is 6.87. The second-order valence-corrected chi connectivity index (χ2v) is 4.99. The lowest BCUT2D eigenvalue weighted by atomic mass is 10.1. The Morgan fingerprint density at radius 1 is 1.18 bits per heavy atom. The molecule has 1 amide bonds. The molecule has 0 radical (unpaired) electrons. The van der Waals surface area contributed by atoms with E-state index in [1.165, 1.54) is 12.1 Å². The van der Waals surface area contributed by atoms with Crippen LogP contribution in [0, 0.1) is 6.92 Å². The molecule has 0 aliphatic heterocycles. The fraction of sp³-hybridized carbons (Fsp3) is 0.125. The Labute approximate surface area is 132 Å². The van der Waals surface area contributed by atoms with Gasteiger partial charge in [-0.2, -0.15) is 0 Å². The quantitative estimate of drug-likeness (QED) is 0.889. The number of hydrogen-bond acceptors (Lipinski definition) is 3. The Hall–Kier alpha value is -2.53. The number of carbonyl (C=O) groups is 2. The van der Waals surface area contributed by atoms with Crippen molar-refractivity contribution in [3.05, 3.63) is 64.2 Å². The minimum atomic E-state index is -1.15. The molecule has 5 nitrogen and oxygen atoms in total. The van der Waals surface area contributed by atoms with Crippen molar-refractivity contribution in [1.29, 1.82) is 0 Å². The largest absolute Gasteiger partial charge is 0.478 e. The van der Waals surface area contributed by atoms with Gasteiger partial charge in [0.15, 0.2) is 0 Å². The van der Waals surface area contributed by atoms with Gasteiger partial charge in [-0.3, -0.25) is 5.32 Å². The molecule has 0 heterocycles. The number of aromatic carboxylic acids is 1. The van der Waals surface area contributed by atoms with Gasteiger partial charge in [0.2, 0.25) is 0 Å². The van der Waals surface area contributed by atoms with Crippen molar-refractivity contribution < 1.29 is 19.4 Å². The molecule has 6 heteroatoms. The number of hydrogen-bond donors (Lipinski definition) is 2. The summed E-state index contributed by atoms with van der Waals surface area (Å²) in [6.07, 6.45) is -0.739. The standard InChI is InChI=1S/C16H14ClNO4/c1-10-13(17)8-7-12(15(19)20)14(10)18-16(21)22-9-11-5-3-2-4-6-11/h2-8H,9H2,1H3,(H,18,21)(H,19,20). The lowest BCUT2D eigenvalue weighted by Crippen LogP contribution is -2.17. The third-order valence-corrected chi connectivity index (χ3v) is 3.48. The predicted molar refractivity (Wildman–Crippen MR) is 83.4 cm³/mol. The first kappa shape index (κ1) is 15.9. The van der Waals surface area contributed by atoms with Gasteiger partial charge in [-0.15, -0.1) is 0 Å². The van der Waals surface area contributed by atoms with Crippen molar-refractivity contribution >= 4 is 29.4 Å². The van der Waals surface area contributed by atoms with Gasteiger partial charge in [0.05, 0.1) is 11.3 Å². The van der Waals surface area contributed by atoms with Gasteiger partial charge in [0, 0.05) is 5.02 Å². The molecule has 0 saturated carbocycles. The van der Waals surface area contributed by atoms with Crippen LogP contribution in [0.5, 0.6) is 0 Å². The topological polar surface area (TPSA) is 75.6 Å². The number of ether oxygens (including phenoxy) is 1. The number of nitrogens with one attached hydrogen (secondary N) is 1. The third kappa shape index (κ3) is 3.77. The molecule has 0 unspecified atom stereocenters. The number of halogens is 1. The van der Waals surface area contributed by atoms with Crippen molar-refractivity contribution in [2.45, 2.75) is 13.5 Å². The number of carbonyl (C=O) groups excluding carboxylic acids is 1. The van der Waals surface area contributed by atoms with Crippen LogP contribution in [0.1, 0.15) is 21.5 Å². The number of anilines is 1. The maximum Gasteiger partial charge on any atom is 0.411 e. The fourth-order valence-corrected chi connectivity index (χ4v) is 2.04. The van der Waals surface area contributed by atoms with Gasteiger partial charge in [-0.1, -0.05) is 41.9 Å². The zero-order valence-electron chi connectivity index (χ0n) is 11.8. The molecule has 2 aromatic rings. The minimum Gasteiger partial charge on any atom is -0.478 e. The van der Waals surface area contributed by atoms with Gasteiger partial charge in [0.25, 0.3) is 0 Å². The van der Waals surface area contributed by atoms with E-state index in [4.69, 9.17) is 21.4 Å². The molecule has 0 fully saturated rings. The van der Waals surface area contributed by atoms with E-state index >= 15 is 0 Å². The third-order valence-electron chi connectivity index (χ3n) is 3.07. The summed E-state index contributed by atoms with van der Waals surface area (Å²) in [4.78, 5) is 23.1. The fourth-order valence-electron chi connectivity index (χ4n) is 1.89. The van der Waals surface area contributed by atoms with Gasteiger partial charge < -0.3 is 9.84 Å². The summed E-state index contributed by atoms with van der Waals surface area (Å²) in [5, 5.41) is 12.0. The summed E-state index contributed by atoms with van der Waals surface area (Å²) < 4.78 is 5.08.